The average Bonchev–Trinajstić information content (AvgIpc) is 2.59. The van der Waals surface area contributed by atoms with Crippen LogP contribution in [-0.4, -0.2) is 16.5 Å². The lowest BCUT2D eigenvalue weighted by Crippen LogP contribution is -2.23. The number of nitrogens with one attached hydrogen (secondary N) is 1. The Balaban J connectivity index is 1.78. The maximum Gasteiger partial charge on any atom is 0.258 e. The van der Waals surface area contributed by atoms with Crippen LogP contribution in [0.15, 0.2) is 51.7 Å². The zero-order valence-electron chi connectivity index (χ0n) is 14.4. The van der Waals surface area contributed by atoms with Crippen LogP contribution >= 0.6 is 15.9 Å². The van der Waals surface area contributed by atoms with Gasteiger partial charge in [-0.25, -0.2) is 4.98 Å². The minimum atomic E-state index is -0.0558. The van der Waals surface area contributed by atoms with Gasteiger partial charge in [-0.3, -0.25) is 9.20 Å². The number of hydrogen-bond donors (Lipinski definition) is 1. The third-order valence-corrected chi connectivity index (χ3v) is 4.82. The van der Waals surface area contributed by atoms with Gasteiger partial charge in [0.05, 0.1) is 17.3 Å². The molecule has 130 valence electrons. The summed E-state index contributed by atoms with van der Waals surface area (Å²) in [7, 11) is 1.65. The van der Waals surface area contributed by atoms with Crippen molar-refractivity contribution in [3.63, 3.8) is 0 Å². The first kappa shape index (κ1) is 17.6. The summed E-state index contributed by atoms with van der Waals surface area (Å²) < 4.78 is 7.79. The Hall–Kier alpha value is -2.18. The normalized spacial score (nSPS) is 12.3. The molecule has 0 amide bonds. The zero-order chi connectivity index (χ0) is 18.0. The highest BCUT2D eigenvalue weighted by molar-refractivity contribution is 9.10. The molecule has 1 atom stereocenters. The van der Waals surface area contributed by atoms with Gasteiger partial charge < -0.3 is 10.1 Å². The average molecular weight is 402 g/mol. The molecule has 6 heteroatoms. The van der Waals surface area contributed by atoms with E-state index in [0.717, 1.165) is 27.2 Å². The molecule has 0 aliphatic carbocycles. The van der Waals surface area contributed by atoms with E-state index < -0.39 is 0 Å². The van der Waals surface area contributed by atoms with Crippen LogP contribution in [0.1, 0.15) is 29.9 Å². The van der Waals surface area contributed by atoms with Gasteiger partial charge in [-0.05, 0) is 59.6 Å². The van der Waals surface area contributed by atoms with Crippen LogP contribution in [0.5, 0.6) is 5.75 Å². The molecule has 0 spiro atoms. The fourth-order valence-corrected chi connectivity index (χ4v) is 3.34. The Labute approximate surface area is 154 Å². The van der Waals surface area contributed by atoms with Gasteiger partial charge in [0.1, 0.15) is 11.4 Å². The van der Waals surface area contributed by atoms with Crippen LogP contribution in [0, 0.1) is 6.92 Å². The predicted molar refractivity (Wildman–Crippen MR) is 102 cm³/mol. The summed E-state index contributed by atoms with van der Waals surface area (Å²) in [4.78, 5) is 16.9. The van der Waals surface area contributed by atoms with E-state index in [2.05, 4.69) is 33.2 Å². The summed E-state index contributed by atoms with van der Waals surface area (Å²) >= 11 is 3.51. The number of methoxy groups -OCH3 is 1. The molecule has 0 bridgehead atoms. The molecule has 5 nitrogen and oxygen atoms in total. The maximum atomic E-state index is 12.3. The Morgan fingerprint density at radius 1 is 1.28 bits per heavy atom. The second-order valence-corrected chi connectivity index (χ2v) is 6.80. The van der Waals surface area contributed by atoms with Crippen molar-refractivity contribution < 1.29 is 4.74 Å². The summed E-state index contributed by atoms with van der Waals surface area (Å²) in [6.07, 6.45) is 0. The molecule has 0 unspecified atom stereocenters. The molecule has 0 saturated carbocycles. The fourth-order valence-electron chi connectivity index (χ4n) is 2.78. The van der Waals surface area contributed by atoms with E-state index in [0.29, 0.717) is 12.2 Å². The number of aromatic nitrogens is 2. The third-order valence-electron chi connectivity index (χ3n) is 4.20. The third kappa shape index (κ3) is 3.75. The van der Waals surface area contributed by atoms with E-state index in [1.54, 1.807) is 17.6 Å². The van der Waals surface area contributed by atoms with Crippen molar-refractivity contribution in [2.45, 2.75) is 26.4 Å². The summed E-state index contributed by atoms with van der Waals surface area (Å²) in [5.41, 5.74) is 3.35. The highest BCUT2D eigenvalue weighted by Crippen LogP contribution is 2.28. The van der Waals surface area contributed by atoms with Crippen molar-refractivity contribution in [1.29, 1.82) is 0 Å². The van der Waals surface area contributed by atoms with Gasteiger partial charge in [0, 0.05) is 24.3 Å². The zero-order valence-corrected chi connectivity index (χ0v) is 16.0. The van der Waals surface area contributed by atoms with E-state index in [-0.39, 0.29) is 11.6 Å². The molecular weight excluding hydrogens is 382 g/mol. The topological polar surface area (TPSA) is 55.6 Å². The first-order chi connectivity index (χ1) is 12.0. The second kappa shape index (κ2) is 7.37. The van der Waals surface area contributed by atoms with Crippen LogP contribution in [0.25, 0.3) is 5.65 Å². The first-order valence-electron chi connectivity index (χ1n) is 8.04. The minimum Gasteiger partial charge on any atom is -0.496 e. The molecule has 1 N–H and O–H groups in total. The summed E-state index contributed by atoms with van der Waals surface area (Å²) in [5.74, 6) is 0.801. The minimum absolute atomic E-state index is 0.0558. The van der Waals surface area contributed by atoms with Crippen LogP contribution < -0.4 is 15.6 Å². The molecule has 2 heterocycles. The van der Waals surface area contributed by atoms with Crippen molar-refractivity contribution in [2.24, 2.45) is 0 Å². The smallest absolute Gasteiger partial charge is 0.258 e. The highest BCUT2D eigenvalue weighted by atomic mass is 79.9. The molecule has 25 heavy (non-hydrogen) atoms. The molecular formula is C19H20BrN3O2. The van der Waals surface area contributed by atoms with Gasteiger partial charge >= 0.3 is 0 Å². The molecule has 0 fully saturated rings. The maximum absolute atomic E-state index is 12.3. The second-order valence-electron chi connectivity index (χ2n) is 5.94. The number of rotatable bonds is 5. The van der Waals surface area contributed by atoms with Gasteiger partial charge in [0.25, 0.3) is 5.56 Å². The molecule has 0 aliphatic rings. The molecule has 1 aromatic carbocycles. The van der Waals surface area contributed by atoms with E-state index >= 15 is 0 Å². The van der Waals surface area contributed by atoms with Crippen LogP contribution in [0.2, 0.25) is 0 Å². The van der Waals surface area contributed by atoms with Crippen LogP contribution in [-0.2, 0) is 6.54 Å². The van der Waals surface area contributed by atoms with E-state index in [9.17, 15) is 4.79 Å². The number of benzene rings is 1. The largest absolute Gasteiger partial charge is 0.496 e. The van der Waals surface area contributed by atoms with Gasteiger partial charge in [0.2, 0.25) is 0 Å². The molecule has 2 aromatic heterocycles. The number of hydrogen-bond acceptors (Lipinski definition) is 4. The summed E-state index contributed by atoms with van der Waals surface area (Å²) in [6, 6.07) is 13.3. The lowest BCUT2D eigenvalue weighted by atomic mass is 10.1. The Kier molecular flexibility index (Phi) is 5.20. The number of pyridine rings is 1. The van der Waals surface area contributed by atoms with Crippen molar-refractivity contribution in [3.05, 3.63) is 74.2 Å². The molecule has 3 rings (SSSR count). The van der Waals surface area contributed by atoms with Crippen molar-refractivity contribution >= 4 is 21.6 Å². The quantitative estimate of drug-likeness (QED) is 0.708. The number of aryl methyl sites for hydroxylation is 1. The summed E-state index contributed by atoms with van der Waals surface area (Å²) in [5, 5.41) is 3.41. The summed E-state index contributed by atoms with van der Waals surface area (Å²) in [6.45, 7) is 4.49. The van der Waals surface area contributed by atoms with Gasteiger partial charge in [-0.15, -0.1) is 0 Å². The van der Waals surface area contributed by atoms with Crippen molar-refractivity contribution in [2.75, 3.05) is 7.11 Å². The lowest BCUT2D eigenvalue weighted by Gasteiger charge is -2.15. The van der Waals surface area contributed by atoms with Crippen LogP contribution in [0.3, 0.4) is 0 Å². The van der Waals surface area contributed by atoms with E-state index in [1.165, 1.54) is 0 Å². The highest BCUT2D eigenvalue weighted by Gasteiger charge is 2.10. The number of ether oxygens (including phenoxy) is 1. The predicted octanol–water partition coefficient (Wildman–Crippen LogP) is 3.62. The molecule has 0 aliphatic heterocycles. The Bertz CT molecular complexity index is 969. The van der Waals surface area contributed by atoms with Crippen molar-refractivity contribution in [3.8, 4) is 5.75 Å². The SMILES string of the molecule is COc1ccc([C@@H](C)NCc2cc(=O)n3c(C)cccc3n2)cc1Br. The van der Waals surface area contributed by atoms with Gasteiger partial charge in [0.15, 0.2) is 0 Å². The first-order valence-corrected chi connectivity index (χ1v) is 8.84. The Morgan fingerprint density at radius 3 is 2.80 bits per heavy atom. The monoisotopic (exact) mass is 401 g/mol. The van der Waals surface area contributed by atoms with E-state index in [4.69, 9.17) is 4.74 Å². The van der Waals surface area contributed by atoms with Gasteiger partial charge in [-0.1, -0.05) is 12.1 Å². The standard InChI is InChI=1S/C19H20BrN3O2/c1-12-5-4-6-18-22-15(10-19(24)23(12)18)11-21-13(2)14-7-8-17(25-3)16(20)9-14/h4-10,13,21H,11H2,1-3H3/t13-/m1/s1. The molecule has 0 radical (unpaired) electrons. The van der Waals surface area contributed by atoms with Crippen molar-refractivity contribution in [1.82, 2.24) is 14.7 Å². The van der Waals surface area contributed by atoms with Crippen LogP contribution in [0.4, 0.5) is 0 Å². The number of fused-ring (bicyclic) bond motifs is 1. The fraction of sp³-hybridized carbons (Fsp3) is 0.263. The number of halogens is 1. The van der Waals surface area contributed by atoms with Gasteiger partial charge in [-0.2, -0.15) is 0 Å². The molecule has 3 aromatic rings. The molecule has 0 saturated heterocycles. The van der Waals surface area contributed by atoms with E-state index in [1.807, 2.05) is 43.3 Å². The number of nitrogens with zero attached hydrogens (tertiary/aromatic N) is 2. The lowest BCUT2D eigenvalue weighted by molar-refractivity contribution is 0.411. The Morgan fingerprint density at radius 2 is 2.08 bits per heavy atom.